The lowest BCUT2D eigenvalue weighted by molar-refractivity contribution is -0.125. The number of piperidine rings is 1. The number of nitrogens with one attached hydrogen (secondary N) is 2. The van der Waals surface area contributed by atoms with E-state index in [4.69, 9.17) is 0 Å². The highest BCUT2D eigenvalue weighted by atomic mass is 16.2. The number of carbonyl (C=O) groups is 3. The Morgan fingerprint density at radius 2 is 1.94 bits per heavy atom. The zero-order chi connectivity index (χ0) is 21.8. The molecule has 1 fully saturated rings. The summed E-state index contributed by atoms with van der Waals surface area (Å²) < 4.78 is 1.82. The van der Waals surface area contributed by atoms with E-state index in [0.717, 1.165) is 17.5 Å². The lowest BCUT2D eigenvalue weighted by Gasteiger charge is -2.39. The van der Waals surface area contributed by atoms with Gasteiger partial charge in [0.25, 0.3) is 5.91 Å². The zero-order valence-corrected chi connectivity index (χ0v) is 17.3. The van der Waals surface area contributed by atoms with Crippen LogP contribution in [0.5, 0.6) is 0 Å². The Kier molecular flexibility index (Phi) is 5.97. The molecule has 2 atom stereocenters. The molecule has 1 aromatic carbocycles. The maximum atomic E-state index is 13.3. The first-order valence-corrected chi connectivity index (χ1v) is 10.3. The molecule has 2 aromatic heterocycles. The fraction of sp³-hybridized carbons (Fsp3) is 0.304. The van der Waals surface area contributed by atoms with Crippen LogP contribution < -0.4 is 10.6 Å². The first kappa shape index (κ1) is 20.6. The summed E-state index contributed by atoms with van der Waals surface area (Å²) in [5, 5.41) is 5.55. The maximum Gasteiger partial charge on any atom is 0.256 e. The molecule has 4 rings (SSSR count). The van der Waals surface area contributed by atoms with Crippen molar-refractivity contribution in [2.75, 3.05) is 19.6 Å². The molecule has 0 spiro atoms. The minimum absolute atomic E-state index is 0.0808. The predicted molar refractivity (Wildman–Crippen MR) is 116 cm³/mol. The quantitative estimate of drug-likeness (QED) is 0.656. The summed E-state index contributed by atoms with van der Waals surface area (Å²) in [7, 11) is 0. The summed E-state index contributed by atoms with van der Waals surface area (Å²) in [5.74, 6) is -0.534. The third-order valence-corrected chi connectivity index (χ3v) is 5.65. The molecular weight excluding hydrogens is 394 g/mol. The lowest BCUT2D eigenvalue weighted by atomic mass is 9.85. The molecule has 8 heteroatoms. The van der Waals surface area contributed by atoms with Crippen LogP contribution in [0.2, 0.25) is 0 Å². The molecule has 1 aliphatic rings. The standard InChI is InChI=1S/C23H25N5O3/c1-16(29)25-13-22(30)26-20-14-27(11-9-18(20)17-6-3-2-4-7-17)23(31)19-8-5-10-28-15-24-12-21(19)28/h2-8,10,12,15,18,20H,9,11,13-14H2,1H3,(H,25,29)(H,26,30)/t18-,20+/m0/s1. The van der Waals surface area contributed by atoms with Gasteiger partial charge in [-0.1, -0.05) is 30.3 Å². The van der Waals surface area contributed by atoms with E-state index >= 15 is 0 Å². The van der Waals surface area contributed by atoms with Crippen molar-refractivity contribution in [3.05, 3.63) is 72.3 Å². The van der Waals surface area contributed by atoms with Gasteiger partial charge in [0.05, 0.1) is 36.2 Å². The minimum atomic E-state index is -0.270. The van der Waals surface area contributed by atoms with Crippen molar-refractivity contribution >= 4 is 23.2 Å². The van der Waals surface area contributed by atoms with Crippen molar-refractivity contribution in [2.45, 2.75) is 25.3 Å². The normalized spacial score (nSPS) is 18.5. The van der Waals surface area contributed by atoms with E-state index in [-0.39, 0.29) is 36.2 Å². The second kappa shape index (κ2) is 8.99. The predicted octanol–water partition coefficient (Wildman–Crippen LogP) is 1.58. The minimum Gasteiger partial charge on any atom is -0.349 e. The van der Waals surface area contributed by atoms with E-state index in [1.807, 2.05) is 47.0 Å². The lowest BCUT2D eigenvalue weighted by Crippen LogP contribution is -2.54. The van der Waals surface area contributed by atoms with Gasteiger partial charge in [-0.15, -0.1) is 0 Å². The van der Waals surface area contributed by atoms with Crippen molar-refractivity contribution in [1.82, 2.24) is 24.9 Å². The third-order valence-electron chi connectivity index (χ3n) is 5.65. The van der Waals surface area contributed by atoms with Gasteiger partial charge in [-0.3, -0.25) is 14.4 Å². The van der Waals surface area contributed by atoms with E-state index in [1.54, 1.807) is 23.5 Å². The van der Waals surface area contributed by atoms with Gasteiger partial charge in [-0.2, -0.15) is 0 Å². The molecule has 0 bridgehead atoms. The Labute approximate surface area is 180 Å². The molecular formula is C23H25N5O3. The largest absolute Gasteiger partial charge is 0.349 e. The molecule has 3 aromatic rings. The van der Waals surface area contributed by atoms with Crippen LogP contribution in [-0.2, 0) is 9.59 Å². The summed E-state index contributed by atoms with van der Waals surface area (Å²) >= 11 is 0. The number of imidazole rings is 1. The summed E-state index contributed by atoms with van der Waals surface area (Å²) in [6.07, 6.45) is 5.92. The number of aromatic nitrogens is 2. The van der Waals surface area contributed by atoms with Gasteiger partial charge in [0, 0.05) is 32.1 Å². The number of benzene rings is 1. The Morgan fingerprint density at radius 1 is 1.13 bits per heavy atom. The van der Waals surface area contributed by atoms with Crippen LogP contribution in [0.1, 0.15) is 35.2 Å². The van der Waals surface area contributed by atoms with Crippen molar-refractivity contribution in [3.8, 4) is 0 Å². The molecule has 160 valence electrons. The molecule has 3 heterocycles. The van der Waals surface area contributed by atoms with Crippen LogP contribution >= 0.6 is 0 Å². The van der Waals surface area contributed by atoms with Gasteiger partial charge in [0.2, 0.25) is 11.8 Å². The fourth-order valence-corrected chi connectivity index (χ4v) is 4.15. The average molecular weight is 419 g/mol. The number of pyridine rings is 1. The number of hydrogen-bond donors (Lipinski definition) is 2. The second-order valence-corrected chi connectivity index (χ2v) is 7.75. The van der Waals surface area contributed by atoms with Crippen LogP contribution in [0.4, 0.5) is 0 Å². The van der Waals surface area contributed by atoms with Gasteiger partial charge < -0.3 is 19.9 Å². The van der Waals surface area contributed by atoms with E-state index in [2.05, 4.69) is 15.6 Å². The number of likely N-dealkylation sites (tertiary alicyclic amines) is 1. The number of carbonyl (C=O) groups excluding carboxylic acids is 3. The van der Waals surface area contributed by atoms with Gasteiger partial charge in [-0.25, -0.2) is 4.98 Å². The fourth-order valence-electron chi connectivity index (χ4n) is 4.15. The molecule has 0 aliphatic carbocycles. The molecule has 1 aliphatic heterocycles. The van der Waals surface area contributed by atoms with E-state index in [1.165, 1.54) is 6.92 Å². The molecule has 2 N–H and O–H groups in total. The highest BCUT2D eigenvalue weighted by molar-refractivity contribution is 6.00. The van der Waals surface area contributed by atoms with Crippen molar-refractivity contribution < 1.29 is 14.4 Å². The van der Waals surface area contributed by atoms with Crippen molar-refractivity contribution in [3.63, 3.8) is 0 Å². The summed E-state index contributed by atoms with van der Waals surface area (Å²) in [6.45, 7) is 2.26. The first-order chi connectivity index (χ1) is 15.0. The number of fused-ring (bicyclic) bond motifs is 1. The Bertz CT molecular complexity index is 1090. The molecule has 0 radical (unpaired) electrons. The van der Waals surface area contributed by atoms with E-state index in [0.29, 0.717) is 18.7 Å². The number of rotatable bonds is 5. The molecule has 0 saturated carbocycles. The second-order valence-electron chi connectivity index (χ2n) is 7.75. The topological polar surface area (TPSA) is 95.8 Å². The first-order valence-electron chi connectivity index (χ1n) is 10.3. The number of nitrogens with zero attached hydrogens (tertiary/aromatic N) is 3. The highest BCUT2D eigenvalue weighted by Crippen LogP contribution is 2.29. The summed E-state index contributed by atoms with van der Waals surface area (Å²) in [5.41, 5.74) is 2.46. The summed E-state index contributed by atoms with van der Waals surface area (Å²) in [6, 6.07) is 13.4. The maximum absolute atomic E-state index is 13.3. The summed E-state index contributed by atoms with van der Waals surface area (Å²) in [4.78, 5) is 42.8. The molecule has 3 amide bonds. The van der Waals surface area contributed by atoms with Crippen molar-refractivity contribution in [2.24, 2.45) is 0 Å². The van der Waals surface area contributed by atoms with Crippen LogP contribution in [0.15, 0.2) is 61.2 Å². The molecule has 8 nitrogen and oxygen atoms in total. The Hall–Kier alpha value is -3.68. The Balaban J connectivity index is 1.55. The molecule has 1 saturated heterocycles. The van der Waals surface area contributed by atoms with Crippen LogP contribution in [0.25, 0.3) is 5.52 Å². The van der Waals surface area contributed by atoms with Crippen LogP contribution in [-0.4, -0.2) is 57.7 Å². The monoisotopic (exact) mass is 419 g/mol. The van der Waals surface area contributed by atoms with Gasteiger partial charge >= 0.3 is 0 Å². The van der Waals surface area contributed by atoms with E-state index in [9.17, 15) is 14.4 Å². The van der Waals surface area contributed by atoms with Gasteiger partial charge in [0.1, 0.15) is 0 Å². The highest BCUT2D eigenvalue weighted by Gasteiger charge is 2.34. The average Bonchev–Trinajstić information content (AvgIpc) is 3.27. The number of hydrogen-bond acceptors (Lipinski definition) is 4. The number of amides is 3. The smallest absolute Gasteiger partial charge is 0.256 e. The van der Waals surface area contributed by atoms with Crippen molar-refractivity contribution in [1.29, 1.82) is 0 Å². The Morgan fingerprint density at radius 3 is 2.71 bits per heavy atom. The van der Waals surface area contributed by atoms with Crippen LogP contribution in [0, 0.1) is 0 Å². The van der Waals surface area contributed by atoms with Gasteiger partial charge in [0.15, 0.2) is 0 Å². The van der Waals surface area contributed by atoms with Gasteiger partial charge in [-0.05, 0) is 24.1 Å². The van der Waals surface area contributed by atoms with Crippen LogP contribution in [0.3, 0.4) is 0 Å². The SMILES string of the molecule is CC(=O)NCC(=O)N[C@@H]1CN(C(=O)c2cccn3cncc23)CC[C@H]1c1ccccc1. The molecule has 0 unspecified atom stereocenters. The third kappa shape index (κ3) is 4.58. The van der Waals surface area contributed by atoms with E-state index < -0.39 is 0 Å². The zero-order valence-electron chi connectivity index (χ0n) is 17.3. The molecule has 31 heavy (non-hydrogen) atoms.